The SMILES string of the molecule is CCc1ccc(CN(C)C(=O)COC(=O)c2ccc(S(=O)(=O)N(C)c3ccccc3)cc2)cc1. The third-order valence-electron chi connectivity index (χ3n) is 5.47. The Bertz CT molecular complexity index is 1220. The van der Waals surface area contributed by atoms with Gasteiger partial charge < -0.3 is 9.64 Å². The molecule has 3 aromatic carbocycles. The highest BCUT2D eigenvalue weighted by molar-refractivity contribution is 7.92. The molecule has 8 heteroatoms. The second-order valence-electron chi connectivity index (χ2n) is 7.83. The normalized spacial score (nSPS) is 11.0. The van der Waals surface area contributed by atoms with Crippen molar-refractivity contribution in [1.82, 2.24) is 4.90 Å². The van der Waals surface area contributed by atoms with Crippen molar-refractivity contribution in [3.8, 4) is 0 Å². The molecule has 0 spiro atoms. The van der Waals surface area contributed by atoms with E-state index in [4.69, 9.17) is 4.74 Å². The molecule has 0 fully saturated rings. The third-order valence-corrected chi connectivity index (χ3v) is 7.27. The molecule has 3 aromatic rings. The first-order chi connectivity index (χ1) is 16.2. The Kier molecular flexibility index (Phi) is 8.07. The molecular weight excluding hydrogens is 452 g/mol. The molecule has 0 saturated heterocycles. The fraction of sp³-hybridized carbons (Fsp3) is 0.231. The van der Waals surface area contributed by atoms with Gasteiger partial charge in [-0.1, -0.05) is 49.4 Å². The van der Waals surface area contributed by atoms with E-state index in [1.165, 1.54) is 46.1 Å². The Morgan fingerprint density at radius 1 is 0.824 bits per heavy atom. The van der Waals surface area contributed by atoms with E-state index < -0.39 is 22.6 Å². The predicted octanol–water partition coefficient (Wildman–Crippen LogP) is 3.89. The molecule has 34 heavy (non-hydrogen) atoms. The molecular formula is C26H28N2O5S. The number of anilines is 1. The van der Waals surface area contributed by atoms with Crippen molar-refractivity contribution >= 4 is 27.6 Å². The number of hydrogen-bond donors (Lipinski definition) is 0. The van der Waals surface area contributed by atoms with E-state index in [-0.39, 0.29) is 16.4 Å². The fourth-order valence-corrected chi connectivity index (χ4v) is 4.46. The average Bonchev–Trinajstić information content (AvgIpc) is 2.87. The van der Waals surface area contributed by atoms with E-state index in [1.54, 1.807) is 37.4 Å². The second kappa shape index (κ2) is 11.0. The Morgan fingerprint density at radius 3 is 2.00 bits per heavy atom. The quantitative estimate of drug-likeness (QED) is 0.434. The number of sulfonamides is 1. The summed E-state index contributed by atoms with van der Waals surface area (Å²) < 4.78 is 32.0. The molecule has 0 saturated carbocycles. The van der Waals surface area contributed by atoms with Crippen molar-refractivity contribution in [3.05, 3.63) is 95.6 Å². The number of ether oxygens (including phenoxy) is 1. The number of benzene rings is 3. The zero-order chi connectivity index (χ0) is 24.7. The van der Waals surface area contributed by atoms with Gasteiger partial charge in [0.25, 0.3) is 15.9 Å². The van der Waals surface area contributed by atoms with Crippen LogP contribution in [0.15, 0.2) is 83.8 Å². The number of amides is 1. The second-order valence-corrected chi connectivity index (χ2v) is 9.80. The van der Waals surface area contributed by atoms with E-state index in [0.29, 0.717) is 12.2 Å². The Morgan fingerprint density at radius 2 is 1.41 bits per heavy atom. The minimum atomic E-state index is -3.79. The van der Waals surface area contributed by atoms with Crippen LogP contribution in [0.3, 0.4) is 0 Å². The molecule has 0 aromatic heterocycles. The summed E-state index contributed by atoms with van der Waals surface area (Å²) in [6, 6.07) is 22.1. The zero-order valence-corrected chi connectivity index (χ0v) is 20.3. The van der Waals surface area contributed by atoms with Crippen LogP contribution in [0.1, 0.15) is 28.4 Å². The first-order valence-corrected chi connectivity index (χ1v) is 12.3. The van der Waals surface area contributed by atoms with Crippen molar-refractivity contribution in [2.24, 2.45) is 0 Å². The molecule has 0 aliphatic rings. The standard InChI is InChI=1S/C26H28N2O5S/c1-4-20-10-12-21(13-11-20)18-27(2)25(29)19-33-26(30)22-14-16-24(17-15-22)34(31,32)28(3)23-8-6-5-7-9-23/h5-17H,4,18-19H2,1-3H3. The van der Waals surface area contributed by atoms with Crippen LogP contribution in [0.5, 0.6) is 0 Å². The summed E-state index contributed by atoms with van der Waals surface area (Å²) in [5.41, 5.74) is 2.88. The molecule has 0 aliphatic heterocycles. The molecule has 0 N–H and O–H groups in total. The number of hydrogen-bond acceptors (Lipinski definition) is 5. The molecule has 0 radical (unpaired) electrons. The van der Waals surface area contributed by atoms with Crippen LogP contribution in [-0.4, -0.2) is 45.9 Å². The molecule has 0 aliphatic carbocycles. The molecule has 0 heterocycles. The van der Waals surface area contributed by atoms with Crippen molar-refractivity contribution in [3.63, 3.8) is 0 Å². The van der Waals surface area contributed by atoms with E-state index in [1.807, 2.05) is 24.3 Å². The summed E-state index contributed by atoms with van der Waals surface area (Å²) in [6.07, 6.45) is 0.946. The molecule has 3 rings (SSSR count). The smallest absolute Gasteiger partial charge is 0.338 e. The molecule has 178 valence electrons. The lowest BCUT2D eigenvalue weighted by molar-refractivity contribution is -0.133. The Labute approximate surface area is 200 Å². The van der Waals surface area contributed by atoms with Gasteiger partial charge in [0.2, 0.25) is 0 Å². The van der Waals surface area contributed by atoms with E-state index >= 15 is 0 Å². The highest BCUT2D eigenvalue weighted by atomic mass is 32.2. The number of likely N-dealkylation sites (N-methyl/N-ethyl adjacent to an activating group) is 1. The molecule has 0 unspecified atom stereocenters. The summed E-state index contributed by atoms with van der Waals surface area (Å²) in [6.45, 7) is 2.08. The van der Waals surface area contributed by atoms with Crippen molar-refractivity contribution < 1.29 is 22.7 Å². The summed E-state index contributed by atoms with van der Waals surface area (Å²) in [4.78, 5) is 26.3. The molecule has 0 atom stereocenters. The largest absolute Gasteiger partial charge is 0.452 e. The average molecular weight is 481 g/mol. The molecule has 1 amide bonds. The Balaban J connectivity index is 1.57. The van der Waals surface area contributed by atoms with E-state index in [2.05, 4.69) is 6.92 Å². The van der Waals surface area contributed by atoms with Crippen LogP contribution in [0.4, 0.5) is 5.69 Å². The molecule has 0 bridgehead atoms. The van der Waals surface area contributed by atoms with Gasteiger partial charge in [0.1, 0.15) is 0 Å². The topological polar surface area (TPSA) is 84.0 Å². The lowest BCUT2D eigenvalue weighted by Crippen LogP contribution is -2.30. The van der Waals surface area contributed by atoms with Gasteiger partial charge in [-0.05, 0) is 53.9 Å². The maximum absolute atomic E-state index is 12.8. The van der Waals surface area contributed by atoms with Crippen LogP contribution < -0.4 is 4.31 Å². The minimum absolute atomic E-state index is 0.0419. The predicted molar refractivity (Wildman–Crippen MR) is 131 cm³/mol. The van der Waals surface area contributed by atoms with Gasteiger partial charge in [-0.25, -0.2) is 13.2 Å². The first kappa shape index (κ1) is 25.0. The van der Waals surface area contributed by atoms with Crippen molar-refractivity contribution in [2.75, 3.05) is 25.0 Å². The summed E-state index contributed by atoms with van der Waals surface area (Å²) in [5.74, 6) is -1.04. The number of para-hydroxylation sites is 1. The van der Waals surface area contributed by atoms with Crippen LogP contribution >= 0.6 is 0 Å². The number of nitrogens with zero attached hydrogens (tertiary/aromatic N) is 2. The van der Waals surface area contributed by atoms with Gasteiger partial charge in [-0.15, -0.1) is 0 Å². The maximum atomic E-state index is 12.8. The van der Waals surface area contributed by atoms with E-state index in [0.717, 1.165) is 12.0 Å². The first-order valence-electron chi connectivity index (χ1n) is 10.9. The van der Waals surface area contributed by atoms with Gasteiger partial charge in [0.05, 0.1) is 16.1 Å². The summed E-state index contributed by atoms with van der Waals surface area (Å²) in [7, 11) is -0.674. The zero-order valence-electron chi connectivity index (χ0n) is 19.5. The van der Waals surface area contributed by atoms with Gasteiger partial charge in [0.15, 0.2) is 6.61 Å². The summed E-state index contributed by atoms with van der Waals surface area (Å²) in [5, 5.41) is 0. The maximum Gasteiger partial charge on any atom is 0.338 e. The monoisotopic (exact) mass is 480 g/mol. The number of esters is 1. The number of aryl methyl sites for hydroxylation is 1. The highest BCUT2D eigenvalue weighted by Crippen LogP contribution is 2.22. The number of carbonyl (C=O) groups is 2. The van der Waals surface area contributed by atoms with Gasteiger partial charge in [-0.2, -0.15) is 0 Å². The summed E-state index contributed by atoms with van der Waals surface area (Å²) >= 11 is 0. The fourth-order valence-electron chi connectivity index (χ4n) is 3.26. The van der Waals surface area contributed by atoms with Crippen molar-refractivity contribution in [2.45, 2.75) is 24.8 Å². The van der Waals surface area contributed by atoms with Crippen molar-refractivity contribution in [1.29, 1.82) is 0 Å². The minimum Gasteiger partial charge on any atom is -0.452 e. The highest BCUT2D eigenvalue weighted by Gasteiger charge is 2.22. The lowest BCUT2D eigenvalue weighted by atomic mass is 10.1. The van der Waals surface area contributed by atoms with Gasteiger partial charge in [0, 0.05) is 20.6 Å². The van der Waals surface area contributed by atoms with Crippen LogP contribution in [0, 0.1) is 0 Å². The number of rotatable bonds is 9. The van der Waals surface area contributed by atoms with Gasteiger partial charge in [-0.3, -0.25) is 9.10 Å². The third kappa shape index (κ3) is 6.02. The Hall–Kier alpha value is -3.65. The van der Waals surface area contributed by atoms with Crippen LogP contribution in [-0.2, 0) is 32.5 Å². The van der Waals surface area contributed by atoms with E-state index in [9.17, 15) is 18.0 Å². The van der Waals surface area contributed by atoms with Crippen LogP contribution in [0.25, 0.3) is 0 Å². The lowest BCUT2D eigenvalue weighted by Gasteiger charge is -2.19. The number of carbonyl (C=O) groups excluding carboxylic acids is 2. The van der Waals surface area contributed by atoms with Gasteiger partial charge >= 0.3 is 5.97 Å². The van der Waals surface area contributed by atoms with Crippen LogP contribution in [0.2, 0.25) is 0 Å². The molecule has 7 nitrogen and oxygen atoms in total.